The molecular formula is C26H26BrN6O9PS. The maximum Gasteiger partial charge on any atom is 0.470 e. The summed E-state index contributed by atoms with van der Waals surface area (Å²) in [5.41, 5.74) is 6.77. The summed E-state index contributed by atoms with van der Waals surface area (Å²) in [7, 11) is -5.11. The quantitative estimate of drug-likeness (QED) is 0.106. The van der Waals surface area contributed by atoms with E-state index in [0.717, 1.165) is 45.6 Å². The topological polar surface area (TPSA) is 214 Å². The predicted molar refractivity (Wildman–Crippen MR) is 160 cm³/mol. The molecule has 0 spiro atoms. The van der Waals surface area contributed by atoms with Crippen LogP contribution in [0.2, 0.25) is 0 Å². The van der Waals surface area contributed by atoms with Crippen LogP contribution in [-0.4, -0.2) is 75.8 Å². The molecule has 2 fully saturated rings. The molecule has 5 N–H and O–H groups in total. The summed E-state index contributed by atoms with van der Waals surface area (Å²) in [4.78, 5) is 47.4. The van der Waals surface area contributed by atoms with Gasteiger partial charge in [0.25, 0.3) is 0 Å². The summed E-state index contributed by atoms with van der Waals surface area (Å²) in [5, 5.41) is 21.7. The average molecular weight is 709 g/mol. The molecule has 0 amide bonds. The number of hydrogen-bond acceptors (Lipinski definition) is 12. The van der Waals surface area contributed by atoms with E-state index in [1.54, 1.807) is 4.57 Å². The molecular weight excluding hydrogens is 683 g/mol. The van der Waals surface area contributed by atoms with E-state index < -0.39 is 50.6 Å². The van der Waals surface area contributed by atoms with Crippen molar-refractivity contribution in [2.45, 2.75) is 48.5 Å². The number of aliphatic hydroxyl groups excluding tert-OH is 1. The summed E-state index contributed by atoms with van der Waals surface area (Å²) in [6, 6.07) is 13.5. The van der Waals surface area contributed by atoms with Gasteiger partial charge in [-0.25, -0.2) is 9.36 Å². The van der Waals surface area contributed by atoms with Crippen molar-refractivity contribution >= 4 is 58.1 Å². The molecule has 232 valence electrons. The molecule has 3 heterocycles. The SMILES string of the molecule is Nc1ccn([C@@H]2O[C@H](COC(=O)CSc3nnc(Br)n3-c3ccc(C4CC4)c4ccccc34)[C@@H](OP(=O)(O)O)[C@H]2O)c(=O)n1. The van der Waals surface area contributed by atoms with Gasteiger partial charge < -0.3 is 30.1 Å². The van der Waals surface area contributed by atoms with Gasteiger partial charge in [-0.15, -0.1) is 10.2 Å². The molecule has 4 aromatic rings. The second-order valence-electron chi connectivity index (χ2n) is 10.2. The number of rotatable bonds is 10. The van der Waals surface area contributed by atoms with Crippen LogP contribution in [0.15, 0.2) is 63.3 Å². The Hall–Kier alpha value is -3.15. The third-order valence-corrected chi connectivity index (χ3v) is 9.14. The van der Waals surface area contributed by atoms with Crippen molar-refractivity contribution in [3.8, 4) is 5.69 Å². The van der Waals surface area contributed by atoms with E-state index in [0.29, 0.717) is 15.8 Å². The third-order valence-electron chi connectivity index (χ3n) is 7.21. The number of carbonyl (C=O) groups is 1. The van der Waals surface area contributed by atoms with E-state index in [2.05, 4.69) is 43.2 Å². The van der Waals surface area contributed by atoms with Gasteiger partial charge in [0, 0.05) is 11.6 Å². The number of anilines is 1. The molecule has 0 bridgehead atoms. The molecule has 1 saturated heterocycles. The van der Waals surface area contributed by atoms with Crippen molar-refractivity contribution in [2.75, 3.05) is 18.1 Å². The van der Waals surface area contributed by atoms with Gasteiger partial charge in [0.05, 0.1) is 11.4 Å². The number of nitrogens with zero attached hydrogens (tertiary/aromatic N) is 5. The molecule has 2 aromatic heterocycles. The molecule has 4 atom stereocenters. The number of aliphatic hydroxyl groups is 1. The van der Waals surface area contributed by atoms with Crippen LogP contribution in [0.4, 0.5) is 5.82 Å². The lowest BCUT2D eigenvalue weighted by Gasteiger charge is -2.20. The van der Waals surface area contributed by atoms with Gasteiger partial charge in [0.15, 0.2) is 11.4 Å². The first-order chi connectivity index (χ1) is 21.0. The lowest BCUT2D eigenvalue weighted by atomic mass is 9.99. The van der Waals surface area contributed by atoms with Gasteiger partial charge in [-0.05, 0) is 57.8 Å². The number of nitrogen functional groups attached to an aromatic ring is 1. The van der Waals surface area contributed by atoms with Crippen molar-refractivity contribution in [2.24, 2.45) is 0 Å². The highest BCUT2D eigenvalue weighted by atomic mass is 79.9. The fourth-order valence-corrected chi connectivity index (χ4v) is 7.01. The number of carbonyl (C=O) groups excluding carboxylic acids is 1. The molecule has 44 heavy (non-hydrogen) atoms. The number of nitrogens with two attached hydrogens (primary N) is 1. The number of phosphoric acid groups is 1. The van der Waals surface area contributed by atoms with Crippen LogP contribution in [-0.2, 0) is 23.4 Å². The van der Waals surface area contributed by atoms with Crippen LogP contribution in [0.5, 0.6) is 0 Å². The summed E-state index contributed by atoms with van der Waals surface area (Å²) < 4.78 is 30.4. The number of phosphoric ester groups is 1. The Balaban J connectivity index is 1.15. The number of esters is 1. The molecule has 0 unspecified atom stereocenters. The number of hydrogen-bond donors (Lipinski definition) is 4. The van der Waals surface area contributed by atoms with Gasteiger partial charge in [-0.2, -0.15) is 4.98 Å². The van der Waals surface area contributed by atoms with E-state index in [4.69, 9.17) is 19.7 Å². The van der Waals surface area contributed by atoms with Crippen molar-refractivity contribution in [1.29, 1.82) is 0 Å². The Kier molecular flexibility index (Phi) is 8.65. The molecule has 15 nitrogen and oxygen atoms in total. The zero-order valence-corrected chi connectivity index (χ0v) is 26.0. The predicted octanol–water partition coefficient (Wildman–Crippen LogP) is 2.27. The van der Waals surface area contributed by atoms with Gasteiger partial charge in [0.2, 0.25) is 4.73 Å². The first kappa shape index (κ1) is 30.9. The van der Waals surface area contributed by atoms with Gasteiger partial charge >= 0.3 is 19.5 Å². The summed E-state index contributed by atoms with van der Waals surface area (Å²) in [6.07, 6.45) is -2.61. The molecule has 0 radical (unpaired) electrons. The zero-order chi connectivity index (χ0) is 31.2. The average Bonchev–Trinajstić information content (AvgIpc) is 3.70. The van der Waals surface area contributed by atoms with Crippen molar-refractivity contribution < 1.29 is 38.3 Å². The monoisotopic (exact) mass is 708 g/mol. The number of fused-ring (bicyclic) bond motifs is 1. The number of halogens is 1. The minimum atomic E-state index is -5.11. The van der Waals surface area contributed by atoms with E-state index in [-0.39, 0.29) is 11.6 Å². The van der Waals surface area contributed by atoms with Crippen molar-refractivity contribution in [3.63, 3.8) is 0 Å². The zero-order valence-electron chi connectivity index (χ0n) is 22.7. The molecule has 2 aliphatic rings. The molecule has 18 heteroatoms. The number of benzene rings is 2. The van der Waals surface area contributed by atoms with Crippen LogP contribution in [0.25, 0.3) is 16.5 Å². The number of aromatic nitrogens is 5. The maximum atomic E-state index is 12.8. The summed E-state index contributed by atoms with van der Waals surface area (Å²) in [5.74, 6) is -0.431. The molecule has 1 aliphatic heterocycles. The Morgan fingerprint density at radius 2 is 1.91 bits per heavy atom. The molecule has 1 aliphatic carbocycles. The fourth-order valence-electron chi connectivity index (χ4n) is 5.13. The first-order valence-corrected chi connectivity index (χ1v) is 16.6. The standard InChI is InChI=1S/C26H26BrN6O9PS/c27-24-30-31-26(33(24)17-8-7-14(13-5-6-13)15-3-1-2-4-16(15)17)44-12-20(34)40-11-18-22(42-43(37,38)39)21(35)23(41-18)32-10-9-19(28)29-25(32)36/h1-4,7-10,13,18,21-23,35H,5-6,11-12H2,(H2,28,29,36)(H2,37,38,39)/t18-,21-,22-,23-/m1/s1. The first-order valence-electron chi connectivity index (χ1n) is 13.3. The van der Waals surface area contributed by atoms with Gasteiger partial charge in [0.1, 0.15) is 30.7 Å². The largest absolute Gasteiger partial charge is 0.470 e. The van der Waals surface area contributed by atoms with Crippen LogP contribution in [0, 0.1) is 0 Å². The minimum Gasteiger partial charge on any atom is -0.462 e. The van der Waals surface area contributed by atoms with E-state index in [9.17, 15) is 29.0 Å². The maximum absolute atomic E-state index is 12.8. The van der Waals surface area contributed by atoms with Gasteiger partial charge in [-0.1, -0.05) is 42.1 Å². The Bertz CT molecular complexity index is 1830. The van der Waals surface area contributed by atoms with Crippen molar-refractivity contribution in [3.05, 3.63) is 69.4 Å². The highest BCUT2D eigenvalue weighted by Gasteiger charge is 2.49. The van der Waals surface area contributed by atoms with Gasteiger partial charge in [-0.3, -0.25) is 18.5 Å². The summed E-state index contributed by atoms with van der Waals surface area (Å²) in [6.45, 7) is -0.543. The highest BCUT2D eigenvalue weighted by molar-refractivity contribution is 9.10. The molecule has 2 aromatic carbocycles. The number of ether oxygens (including phenoxy) is 2. The van der Waals surface area contributed by atoms with Crippen LogP contribution < -0.4 is 11.4 Å². The Morgan fingerprint density at radius 1 is 1.16 bits per heavy atom. The normalized spacial score (nSPS) is 22.0. The third kappa shape index (κ3) is 6.46. The molecule has 1 saturated carbocycles. The lowest BCUT2D eigenvalue weighted by molar-refractivity contribution is -0.146. The van der Waals surface area contributed by atoms with E-state index >= 15 is 0 Å². The second-order valence-corrected chi connectivity index (χ2v) is 13.1. The summed E-state index contributed by atoms with van der Waals surface area (Å²) >= 11 is 4.53. The highest BCUT2D eigenvalue weighted by Crippen LogP contribution is 2.45. The van der Waals surface area contributed by atoms with Crippen LogP contribution in [0.1, 0.15) is 30.6 Å². The Labute approximate surface area is 261 Å². The second kappa shape index (κ2) is 12.3. The smallest absolute Gasteiger partial charge is 0.462 e. The van der Waals surface area contributed by atoms with Crippen LogP contribution in [0.3, 0.4) is 0 Å². The minimum absolute atomic E-state index is 0.0731. The number of thioether (sulfide) groups is 1. The fraction of sp³-hybridized carbons (Fsp3) is 0.346. The van der Waals surface area contributed by atoms with E-state index in [1.807, 2.05) is 24.3 Å². The molecule has 6 rings (SSSR count). The Morgan fingerprint density at radius 3 is 2.61 bits per heavy atom. The van der Waals surface area contributed by atoms with Crippen LogP contribution >= 0.6 is 35.5 Å². The van der Waals surface area contributed by atoms with Crippen molar-refractivity contribution in [1.82, 2.24) is 24.3 Å². The van der Waals surface area contributed by atoms with E-state index in [1.165, 1.54) is 17.8 Å². The lowest BCUT2D eigenvalue weighted by Crippen LogP contribution is -2.38.